The Bertz CT molecular complexity index is 913. The van der Waals surface area contributed by atoms with E-state index < -0.39 is 25.5 Å². The lowest BCUT2D eigenvalue weighted by Gasteiger charge is -2.19. The smallest absolute Gasteiger partial charge is 0.334 e. The standard InChI is InChI=1S/C22H28NO6P/c1-15-7-6-8-16(2)19(15)13-20(22(25)27-3)23-21(24)18-11-9-17(10-12-18)14-30(26,28-4)29-5/h6-12,20H,13-14H2,1-5H3,(H,23,24)/t20-/m1/s1. The molecule has 0 aromatic heterocycles. The summed E-state index contributed by atoms with van der Waals surface area (Å²) >= 11 is 0. The van der Waals surface area contributed by atoms with Crippen LogP contribution in [0.4, 0.5) is 0 Å². The Morgan fingerprint density at radius 3 is 2.03 bits per heavy atom. The van der Waals surface area contributed by atoms with E-state index in [4.69, 9.17) is 13.8 Å². The number of hydrogen-bond acceptors (Lipinski definition) is 6. The molecule has 1 atom stereocenters. The molecule has 2 aromatic carbocycles. The van der Waals surface area contributed by atoms with Gasteiger partial charge in [-0.1, -0.05) is 30.3 Å². The van der Waals surface area contributed by atoms with Gasteiger partial charge in [0.25, 0.3) is 5.91 Å². The predicted octanol–water partition coefficient (Wildman–Crippen LogP) is 3.80. The third-order valence-electron chi connectivity index (χ3n) is 4.99. The number of nitrogens with one attached hydrogen (secondary N) is 1. The topological polar surface area (TPSA) is 90.9 Å². The lowest BCUT2D eigenvalue weighted by Crippen LogP contribution is -2.43. The molecule has 1 N–H and O–H groups in total. The average molecular weight is 433 g/mol. The number of amides is 1. The summed E-state index contributed by atoms with van der Waals surface area (Å²) < 4.78 is 27.0. The third-order valence-corrected chi connectivity index (χ3v) is 6.86. The van der Waals surface area contributed by atoms with Crippen LogP contribution in [0.2, 0.25) is 0 Å². The number of hydrogen-bond donors (Lipinski definition) is 1. The van der Waals surface area contributed by atoms with Gasteiger partial charge < -0.3 is 19.1 Å². The van der Waals surface area contributed by atoms with E-state index in [0.717, 1.165) is 16.7 Å². The number of ether oxygens (including phenoxy) is 1. The van der Waals surface area contributed by atoms with E-state index in [1.165, 1.54) is 21.3 Å². The second-order valence-electron chi connectivity index (χ2n) is 6.95. The van der Waals surface area contributed by atoms with E-state index in [1.807, 2.05) is 32.0 Å². The molecule has 0 saturated heterocycles. The minimum atomic E-state index is -3.19. The van der Waals surface area contributed by atoms with Gasteiger partial charge in [-0.15, -0.1) is 0 Å². The second-order valence-corrected chi connectivity index (χ2v) is 9.22. The van der Waals surface area contributed by atoms with Crippen LogP contribution >= 0.6 is 7.60 Å². The van der Waals surface area contributed by atoms with Gasteiger partial charge in [-0.25, -0.2) is 4.79 Å². The van der Waals surface area contributed by atoms with Crippen molar-refractivity contribution in [1.29, 1.82) is 0 Å². The normalized spacial score (nSPS) is 12.3. The Morgan fingerprint density at radius 2 is 1.53 bits per heavy atom. The van der Waals surface area contributed by atoms with Crippen LogP contribution < -0.4 is 5.32 Å². The van der Waals surface area contributed by atoms with Crippen molar-refractivity contribution in [2.24, 2.45) is 0 Å². The number of carbonyl (C=O) groups excluding carboxylic acids is 2. The third kappa shape index (κ3) is 6.02. The molecule has 1 amide bonds. The molecule has 8 heteroatoms. The zero-order chi connectivity index (χ0) is 22.3. The molecular weight excluding hydrogens is 405 g/mol. The molecule has 0 unspecified atom stereocenters. The van der Waals surface area contributed by atoms with Crippen molar-refractivity contribution in [3.05, 3.63) is 70.3 Å². The first-order valence-corrected chi connectivity index (χ1v) is 11.2. The number of rotatable bonds is 9. The van der Waals surface area contributed by atoms with E-state index >= 15 is 0 Å². The highest BCUT2D eigenvalue weighted by Crippen LogP contribution is 2.49. The van der Waals surface area contributed by atoms with Crippen molar-refractivity contribution in [2.75, 3.05) is 21.3 Å². The quantitative estimate of drug-likeness (QED) is 0.478. The number of aryl methyl sites for hydroxylation is 2. The highest BCUT2D eigenvalue weighted by Gasteiger charge is 2.25. The minimum absolute atomic E-state index is 0.0965. The first kappa shape index (κ1) is 23.8. The van der Waals surface area contributed by atoms with Crippen LogP contribution in [0.3, 0.4) is 0 Å². The van der Waals surface area contributed by atoms with Gasteiger partial charge in [0.15, 0.2) is 0 Å². The summed E-state index contributed by atoms with van der Waals surface area (Å²) in [5.41, 5.74) is 4.17. The number of methoxy groups -OCH3 is 1. The molecule has 162 valence electrons. The van der Waals surface area contributed by atoms with Crippen LogP contribution in [0, 0.1) is 13.8 Å². The van der Waals surface area contributed by atoms with Gasteiger partial charge in [-0.2, -0.15) is 0 Å². The summed E-state index contributed by atoms with van der Waals surface area (Å²) in [5, 5.41) is 2.76. The fraction of sp³-hybridized carbons (Fsp3) is 0.364. The van der Waals surface area contributed by atoms with Gasteiger partial charge in [0.05, 0.1) is 13.3 Å². The van der Waals surface area contributed by atoms with Crippen molar-refractivity contribution in [3.63, 3.8) is 0 Å². The van der Waals surface area contributed by atoms with Crippen LogP contribution in [0.15, 0.2) is 42.5 Å². The fourth-order valence-corrected chi connectivity index (χ4v) is 4.21. The predicted molar refractivity (Wildman–Crippen MR) is 115 cm³/mol. The van der Waals surface area contributed by atoms with E-state index in [1.54, 1.807) is 24.3 Å². The molecule has 0 radical (unpaired) electrons. The molecule has 0 heterocycles. The van der Waals surface area contributed by atoms with Crippen LogP contribution in [-0.2, 0) is 35.7 Å². The molecule has 0 aliphatic carbocycles. The maximum Gasteiger partial charge on any atom is 0.334 e. The molecule has 0 aliphatic rings. The number of esters is 1. The minimum Gasteiger partial charge on any atom is -0.467 e. The highest BCUT2D eigenvalue weighted by molar-refractivity contribution is 7.52. The van der Waals surface area contributed by atoms with Crippen molar-refractivity contribution in [1.82, 2.24) is 5.32 Å². The SMILES string of the molecule is COC(=O)[C@@H](Cc1c(C)cccc1C)NC(=O)c1ccc(CP(=O)(OC)OC)cc1. The van der Waals surface area contributed by atoms with Gasteiger partial charge in [-0.3, -0.25) is 9.36 Å². The van der Waals surface area contributed by atoms with Gasteiger partial charge in [0, 0.05) is 26.2 Å². The zero-order valence-electron chi connectivity index (χ0n) is 17.9. The Kier molecular flexibility index (Phi) is 8.35. The Balaban J connectivity index is 2.16. The monoisotopic (exact) mass is 433 g/mol. The van der Waals surface area contributed by atoms with E-state index in [9.17, 15) is 14.2 Å². The molecule has 7 nitrogen and oxygen atoms in total. The lowest BCUT2D eigenvalue weighted by atomic mass is 9.96. The second kappa shape index (κ2) is 10.5. The first-order chi connectivity index (χ1) is 14.2. The molecule has 0 aliphatic heterocycles. The fourth-order valence-electron chi connectivity index (χ4n) is 3.14. The molecule has 0 spiro atoms. The van der Waals surface area contributed by atoms with Crippen LogP contribution in [0.1, 0.15) is 32.6 Å². The molecule has 30 heavy (non-hydrogen) atoms. The van der Waals surface area contributed by atoms with Gasteiger partial charge >= 0.3 is 13.6 Å². The Morgan fingerprint density at radius 1 is 0.967 bits per heavy atom. The molecule has 2 aromatic rings. The average Bonchev–Trinajstić information content (AvgIpc) is 2.75. The van der Waals surface area contributed by atoms with Gasteiger partial charge in [-0.05, 0) is 48.2 Å². The van der Waals surface area contributed by atoms with Gasteiger partial charge in [0.2, 0.25) is 0 Å². The number of benzene rings is 2. The summed E-state index contributed by atoms with van der Waals surface area (Å²) in [7, 11) is 0.762. The summed E-state index contributed by atoms with van der Waals surface area (Å²) in [6, 6.07) is 11.6. The van der Waals surface area contributed by atoms with Crippen LogP contribution in [0.5, 0.6) is 0 Å². The number of carbonyl (C=O) groups is 2. The summed E-state index contributed by atoms with van der Waals surface area (Å²) in [6.45, 7) is 3.94. The zero-order valence-corrected chi connectivity index (χ0v) is 18.8. The first-order valence-electron chi connectivity index (χ1n) is 9.46. The maximum atomic E-state index is 12.7. The van der Waals surface area contributed by atoms with E-state index in [2.05, 4.69) is 5.32 Å². The summed E-state index contributed by atoms with van der Waals surface area (Å²) in [5.74, 6) is -0.909. The lowest BCUT2D eigenvalue weighted by molar-refractivity contribution is -0.142. The van der Waals surface area contributed by atoms with Crippen LogP contribution in [0.25, 0.3) is 0 Å². The van der Waals surface area contributed by atoms with Crippen molar-refractivity contribution >= 4 is 19.5 Å². The molecule has 0 bridgehead atoms. The molecule has 2 rings (SSSR count). The van der Waals surface area contributed by atoms with E-state index in [0.29, 0.717) is 17.5 Å². The largest absolute Gasteiger partial charge is 0.467 e. The molecular formula is C22H28NO6P. The van der Waals surface area contributed by atoms with Crippen molar-refractivity contribution < 1.29 is 27.9 Å². The Hall–Kier alpha value is -2.47. The Labute approximate surface area is 177 Å². The van der Waals surface area contributed by atoms with Crippen molar-refractivity contribution in [2.45, 2.75) is 32.5 Å². The molecule has 0 saturated carbocycles. The highest BCUT2D eigenvalue weighted by atomic mass is 31.2. The van der Waals surface area contributed by atoms with Gasteiger partial charge in [0.1, 0.15) is 6.04 Å². The van der Waals surface area contributed by atoms with Crippen molar-refractivity contribution in [3.8, 4) is 0 Å². The summed E-state index contributed by atoms with van der Waals surface area (Å²) in [6.07, 6.45) is 0.430. The molecule has 0 fully saturated rings. The summed E-state index contributed by atoms with van der Waals surface area (Å²) in [4.78, 5) is 25.0. The van der Waals surface area contributed by atoms with E-state index in [-0.39, 0.29) is 6.16 Å². The van der Waals surface area contributed by atoms with Crippen LogP contribution in [-0.4, -0.2) is 39.2 Å². The maximum absolute atomic E-state index is 12.7.